The first-order chi connectivity index (χ1) is 14.5. The van der Waals surface area contributed by atoms with Crippen LogP contribution in [0.25, 0.3) is 0 Å². The molecule has 0 spiro atoms. The number of halogens is 2. The number of hydrogen-bond acceptors (Lipinski definition) is 4. The van der Waals surface area contributed by atoms with Gasteiger partial charge in [-0.25, -0.2) is 4.39 Å². The lowest BCUT2D eigenvalue weighted by Gasteiger charge is -2.13. The standard InChI is InChI=1S/C22H29FN4O3.HI/c1-16-8-9-17(14-20(16)23)21(28)25-10-11-26-22(24-2)27-18-6-4-7-19(15-18)30-13-5-12-29-3;/h4,6-9,14-15H,5,10-13H2,1-3H3,(H,25,28)(H2,24,26,27);1H. The van der Waals surface area contributed by atoms with Crippen molar-refractivity contribution in [3.8, 4) is 5.75 Å². The van der Waals surface area contributed by atoms with Crippen LogP contribution >= 0.6 is 24.0 Å². The van der Waals surface area contributed by atoms with Gasteiger partial charge in [0.2, 0.25) is 0 Å². The van der Waals surface area contributed by atoms with Crippen molar-refractivity contribution < 1.29 is 18.7 Å². The molecule has 0 saturated carbocycles. The summed E-state index contributed by atoms with van der Waals surface area (Å²) in [5.74, 6) is 0.596. The third-order valence-electron chi connectivity index (χ3n) is 4.22. The molecule has 0 aliphatic heterocycles. The number of nitrogens with zero attached hydrogens (tertiary/aromatic N) is 1. The molecule has 2 rings (SSSR count). The number of rotatable bonds is 10. The van der Waals surface area contributed by atoms with Gasteiger partial charge in [-0.1, -0.05) is 12.1 Å². The minimum Gasteiger partial charge on any atom is -0.493 e. The Morgan fingerprint density at radius 3 is 2.58 bits per heavy atom. The van der Waals surface area contributed by atoms with Gasteiger partial charge in [0.05, 0.1) is 6.61 Å². The van der Waals surface area contributed by atoms with Crippen LogP contribution in [0.15, 0.2) is 47.5 Å². The van der Waals surface area contributed by atoms with Crippen molar-refractivity contribution in [2.75, 3.05) is 45.8 Å². The fourth-order valence-corrected chi connectivity index (χ4v) is 2.57. The number of nitrogens with one attached hydrogen (secondary N) is 3. The molecule has 0 aliphatic carbocycles. The number of hydrogen-bond donors (Lipinski definition) is 3. The molecule has 0 saturated heterocycles. The van der Waals surface area contributed by atoms with E-state index in [0.29, 0.717) is 43.4 Å². The van der Waals surface area contributed by atoms with Gasteiger partial charge in [-0.15, -0.1) is 24.0 Å². The number of aryl methyl sites for hydroxylation is 1. The van der Waals surface area contributed by atoms with Crippen LogP contribution in [-0.2, 0) is 4.74 Å². The lowest BCUT2D eigenvalue weighted by molar-refractivity contribution is 0.0954. The van der Waals surface area contributed by atoms with Crippen molar-refractivity contribution in [1.29, 1.82) is 0 Å². The predicted octanol–water partition coefficient (Wildman–Crippen LogP) is 3.58. The summed E-state index contributed by atoms with van der Waals surface area (Å²) in [6, 6.07) is 12.0. The Bertz CT molecular complexity index is 864. The number of methoxy groups -OCH3 is 1. The van der Waals surface area contributed by atoms with Crippen LogP contribution in [0.3, 0.4) is 0 Å². The second kappa shape index (κ2) is 14.6. The molecule has 0 unspecified atom stereocenters. The Kier molecular flexibility index (Phi) is 12.5. The van der Waals surface area contributed by atoms with Crippen LogP contribution in [0, 0.1) is 12.7 Å². The zero-order valence-electron chi connectivity index (χ0n) is 18.0. The summed E-state index contributed by atoms with van der Waals surface area (Å²) < 4.78 is 24.3. The number of anilines is 1. The van der Waals surface area contributed by atoms with E-state index in [2.05, 4.69) is 20.9 Å². The summed E-state index contributed by atoms with van der Waals surface area (Å²) in [7, 11) is 3.32. The summed E-state index contributed by atoms with van der Waals surface area (Å²) in [4.78, 5) is 16.3. The van der Waals surface area contributed by atoms with Crippen LogP contribution in [-0.4, -0.2) is 52.3 Å². The van der Waals surface area contributed by atoms with Gasteiger partial charge in [0.25, 0.3) is 5.91 Å². The highest BCUT2D eigenvalue weighted by Gasteiger charge is 2.08. The number of benzene rings is 2. The van der Waals surface area contributed by atoms with Gasteiger partial charge >= 0.3 is 0 Å². The van der Waals surface area contributed by atoms with Gasteiger partial charge < -0.3 is 25.4 Å². The second-order valence-corrected chi connectivity index (χ2v) is 6.57. The molecule has 2 aromatic carbocycles. The largest absolute Gasteiger partial charge is 0.493 e. The summed E-state index contributed by atoms with van der Waals surface area (Å²) in [5, 5.41) is 9.04. The van der Waals surface area contributed by atoms with E-state index >= 15 is 0 Å². The first-order valence-electron chi connectivity index (χ1n) is 9.77. The molecule has 0 aliphatic rings. The van der Waals surface area contributed by atoms with E-state index in [1.54, 1.807) is 33.2 Å². The van der Waals surface area contributed by atoms with Crippen LogP contribution in [0.1, 0.15) is 22.3 Å². The van der Waals surface area contributed by atoms with Crippen LogP contribution in [0.2, 0.25) is 0 Å². The first kappa shape index (κ1) is 26.6. The smallest absolute Gasteiger partial charge is 0.251 e. The van der Waals surface area contributed by atoms with E-state index < -0.39 is 5.82 Å². The molecule has 170 valence electrons. The van der Waals surface area contributed by atoms with Gasteiger partial charge in [0.1, 0.15) is 11.6 Å². The fraction of sp³-hybridized carbons (Fsp3) is 0.364. The van der Waals surface area contributed by atoms with Gasteiger partial charge in [-0.05, 0) is 36.8 Å². The molecule has 9 heteroatoms. The third-order valence-corrected chi connectivity index (χ3v) is 4.22. The van der Waals surface area contributed by atoms with Crippen molar-refractivity contribution in [2.45, 2.75) is 13.3 Å². The quantitative estimate of drug-likeness (QED) is 0.184. The Labute approximate surface area is 199 Å². The third kappa shape index (κ3) is 9.52. The fourth-order valence-electron chi connectivity index (χ4n) is 2.57. The monoisotopic (exact) mass is 544 g/mol. The maximum absolute atomic E-state index is 13.6. The molecule has 2 aromatic rings. The maximum Gasteiger partial charge on any atom is 0.251 e. The van der Waals surface area contributed by atoms with Gasteiger partial charge in [-0.2, -0.15) is 0 Å². The Morgan fingerprint density at radius 1 is 1.10 bits per heavy atom. The number of guanidine groups is 1. The van der Waals surface area contributed by atoms with Gasteiger partial charge in [-0.3, -0.25) is 9.79 Å². The van der Waals surface area contributed by atoms with Crippen molar-refractivity contribution in [1.82, 2.24) is 10.6 Å². The number of ether oxygens (including phenoxy) is 2. The summed E-state index contributed by atoms with van der Waals surface area (Å²) in [6.07, 6.45) is 0.818. The minimum atomic E-state index is -0.393. The van der Waals surface area contributed by atoms with Gasteiger partial charge in [0, 0.05) is 57.6 Å². The lowest BCUT2D eigenvalue weighted by Crippen LogP contribution is -2.37. The summed E-state index contributed by atoms with van der Waals surface area (Å²) in [5.41, 5.74) is 1.63. The molecule has 7 nitrogen and oxygen atoms in total. The molecule has 0 heterocycles. The van der Waals surface area contributed by atoms with Crippen LogP contribution in [0.5, 0.6) is 5.75 Å². The maximum atomic E-state index is 13.6. The minimum absolute atomic E-state index is 0. The Balaban J connectivity index is 0.00000480. The van der Waals surface area contributed by atoms with E-state index in [4.69, 9.17) is 9.47 Å². The molecule has 0 atom stereocenters. The van der Waals surface area contributed by atoms with Crippen molar-refractivity contribution in [3.63, 3.8) is 0 Å². The van der Waals surface area contributed by atoms with Crippen LogP contribution < -0.4 is 20.7 Å². The lowest BCUT2D eigenvalue weighted by atomic mass is 10.1. The summed E-state index contributed by atoms with van der Waals surface area (Å²) >= 11 is 0. The topological polar surface area (TPSA) is 84.0 Å². The molecule has 0 aromatic heterocycles. The van der Waals surface area contributed by atoms with E-state index in [9.17, 15) is 9.18 Å². The average molecular weight is 544 g/mol. The SMILES string of the molecule is CN=C(NCCNC(=O)c1ccc(C)c(F)c1)Nc1cccc(OCCCOC)c1.I. The van der Waals surface area contributed by atoms with Gasteiger partial charge in [0.15, 0.2) is 5.96 Å². The molecular weight excluding hydrogens is 514 g/mol. The highest BCUT2D eigenvalue weighted by atomic mass is 127. The van der Waals surface area contributed by atoms with E-state index in [1.807, 2.05) is 24.3 Å². The Morgan fingerprint density at radius 2 is 1.87 bits per heavy atom. The molecular formula is C22H30FIN4O3. The number of carbonyl (C=O) groups is 1. The normalized spacial score (nSPS) is 10.8. The zero-order valence-corrected chi connectivity index (χ0v) is 20.4. The first-order valence-corrected chi connectivity index (χ1v) is 9.77. The average Bonchev–Trinajstić information content (AvgIpc) is 2.75. The summed E-state index contributed by atoms with van der Waals surface area (Å²) in [6.45, 7) is 3.70. The molecule has 3 N–H and O–H groups in total. The highest BCUT2D eigenvalue weighted by molar-refractivity contribution is 14.0. The van der Waals surface area contributed by atoms with Crippen molar-refractivity contribution in [3.05, 3.63) is 59.4 Å². The van der Waals surface area contributed by atoms with E-state index in [0.717, 1.165) is 17.9 Å². The molecule has 0 fully saturated rings. The Hall–Kier alpha value is -2.40. The predicted molar refractivity (Wildman–Crippen MR) is 132 cm³/mol. The second-order valence-electron chi connectivity index (χ2n) is 6.57. The van der Waals surface area contributed by atoms with Crippen molar-refractivity contribution >= 4 is 41.5 Å². The zero-order chi connectivity index (χ0) is 21.8. The van der Waals surface area contributed by atoms with Crippen LogP contribution in [0.4, 0.5) is 10.1 Å². The highest BCUT2D eigenvalue weighted by Crippen LogP contribution is 2.17. The van der Waals surface area contributed by atoms with E-state index in [-0.39, 0.29) is 29.9 Å². The number of amides is 1. The number of carbonyl (C=O) groups excluding carboxylic acids is 1. The molecule has 31 heavy (non-hydrogen) atoms. The van der Waals surface area contributed by atoms with Crippen molar-refractivity contribution in [2.24, 2.45) is 4.99 Å². The number of aliphatic imine (C=N–C) groups is 1. The molecule has 0 bridgehead atoms. The van der Waals surface area contributed by atoms with E-state index in [1.165, 1.54) is 6.07 Å². The molecule has 1 amide bonds. The molecule has 0 radical (unpaired) electrons.